The van der Waals surface area contributed by atoms with Crippen LogP contribution in [-0.2, 0) is 16.0 Å². The number of benzene rings is 1. The SMILES string of the molecule is NCC(Cc1ccccc1)C(=O)NC1CCOCC1. The fraction of sp³-hybridized carbons (Fsp3) is 0.533. The van der Waals surface area contributed by atoms with Gasteiger partial charge in [0.05, 0.1) is 5.92 Å². The quantitative estimate of drug-likeness (QED) is 0.835. The van der Waals surface area contributed by atoms with E-state index in [1.54, 1.807) is 0 Å². The van der Waals surface area contributed by atoms with Gasteiger partial charge in [0.1, 0.15) is 0 Å². The molecule has 1 unspecified atom stereocenters. The predicted molar refractivity (Wildman–Crippen MR) is 74.7 cm³/mol. The first-order chi connectivity index (χ1) is 9.29. The molecule has 4 nitrogen and oxygen atoms in total. The minimum atomic E-state index is -0.148. The lowest BCUT2D eigenvalue weighted by Crippen LogP contribution is -2.44. The maximum Gasteiger partial charge on any atom is 0.224 e. The summed E-state index contributed by atoms with van der Waals surface area (Å²) in [5, 5.41) is 3.09. The molecule has 4 heteroatoms. The van der Waals surface area contributed by atoms with Crippen molar-refractivity contribution in [2.75, 3.05) is 19.8 Å². The molecule has 1 fully saturated rings. The third kappa shape index (κ3) is 4.33. The average Bonchev–Trinajstić information content (AvgIpc) is 2.47. The minimum Gasteiger partial charge on any atom is -0.381 e. The Balaban J connectivity index is 1.87. The molecule has 0 spiro atoms. The molecule has 1 aliphatic rings. The summed E-state index contributed by atoms with van der Waals surface area (Å²) in [7, 11) is 0. The maximum absolute atomic E-state index is 12.2. The molecule has 1 aliphatic heterocycles. The van der Waals surface area contributed by atoms with Gasteiger partial charge in [0.15, 0.2) is 0 Å². The van der Waals surface area contributed by atoms with Crippen molar-refractivity contribution in [1.29, 1.82) is 0 Å². The predicted octanol–water partition coefficient (Wildman–Crippen LogP) is 1.10. The van der Waals surface area contributed by atoms with Crippen molar-refractivity contribution >= 4 is 5.91 Å². The van der Waals surface area contributed by atoms with Gasteiger partial charge in [-0.25, -0.2) is 0 Å². The molecule has 104 valence electrons. The van der Waals surface area contributed by atoms with Crippen LogP contribution in [0.4, 0.5) is 0 Å². The molecule has 0 bridgehead atoms. The number of hydrogen-bond donors (Lipinski definition) is 2. The fourth-order valence-electron chi connectivity index (χ4n) is 2.34. The number of rotatable bonds is 5. The summed E-state index contributed by atoms with van der Waals surface area (Å²) >= 11 is 0. The Bertz CT molecular complexity index is 388. The van der Waals surface area contributed by atoms with Crippen molar-refractivity contribution in [2.24, 2.45) is 11.7 Å². The zero-order valence-corrected chi connectivity index (χ0v) is 11.2. The molecule has 1 saturated heterocycles. The smallest absolute Gasteiger partial charge is 0.224 e. The minimum absolute atomic E-state index is 0.0678. The lowest BCUT2D eigenvalue weighted by molar-refractivity contribution is -0.126. The number of nitrogens with one attached hydrogen (secondary N) is 1. The highest BCUT2D eigenvalue weighted by atomic mass is 16.5. The third-order valence-corrected chi connectivity index (χ3v) is 3.55. The lowest BCUT2D eigenvalue weighted by atomic mass is 9.97. The number of nitrogens with two attached hydrogens (primary N) is 1. The standard InChI is InChI=1S/C15H22N2O2/c16-11-13(10-12-4-2-1-3-5-12)15(18)17-14-6-8-19-9-7-14/h1-5,13-14H,6-11,16H2,(H,17,18). The van der Waals surface area contributed by atoms with Gasteiger partial charge in [-0.3, -0.25) is 4.79 Å². The number of hydrogen-bond acceptors (Lipinski definition) is 3. The molecule has 19 heavy (non-hydrogen) atoms. The van der Waals surface area contributed by atoms with E-state index in [0.717, 1.165) is 31.6 Å². The van der Waals surface area contributed by atoms with Gasteiger partial charge in [-0.15, -0.1) is 0 Å². The van der Waals surface area contributed by atoms with Crippen LogP contribution in [0.3, 0.4) is 0 Å². The third-order valence-electron chi connectivity index (χ3n) is 3.55. The van der Waals surface area contributed by atoms with Crippen LogP contribution < -0.4 is 11.1 Å². The molecular weight excluding hydrogens is 240 g/mol. The average molecular weight is 262 g/mol. The van der Waals surface area contributed by atoms with E-state index in [1.165, 1.54) is 0 Å². The largest absolute Gasteiger partial charge is 0.381 e. The van der Waals surface area contributed by atoms with Gasteiger partial charge < -0.3 is 15.8 Å². The molecule has 3 N–H and O–H groups in total. The summed E-state index contributed by atoms with van der Waals surface area (Å²) in [6.45, 7) is 1.85. The summed E-state index contributed by atoms with van der Waals surface area (Å²) in [6.07, 6.45) is 2.50. The molecule has 1 amide bonds. The van der Waals surface area contributed by atoms with Gasteiger partial charge in [-0.1, -0.05) is 30.3 Å². The Kier molecular flexibility index (Phi) is 5.36. The van der Waals surface area contributed by atoms with Gasteiger partial charge in [-0.05, 0) is 24.8 Å². The monoisotopic (exact) mass is 262 g/mol. The van der Waals surface area contributed by atoms with E-state index in [4.69, 9.17) is 10.5 Å². The summed E-state index contributed by atoms with van der Waals surface area (Å²) < 4.78 is 5.29. The molecule has 1 aromatic carbocycles. The van der Waals surface area contributed by atoms with Crippen LogP contribution >= 0.6 is 0 Å². The molecule has 2 rings (SSSR count). The molecule has 1 atom stereocenters. The Morgan fingerprint density at radius 1 is 1.32 bits per heavy atom. The second-order valence-corrected chi connectivity index (χ2v) is 5.02. The molecule has 1 heterocycles. The molecular formula is C15H22N2O2. The zero-order chi connectivity index (χ0) is 13.5. The number of amides is 1. The molecule has 0 radical (unpaired) electrons. The molecule has 0 aliphatic carbocycles. The first kappa shape index (κ1) is 14.0. The van der Waals surface area contributed by atoms with Crippen LogP contribution in [0, 0.1) is 5.92 Å². The Morgan fingerprint density at radius 3 is 2.63 bits per heavy atom. The number of ether oxygens (including phenoxy) is 1. The maximum atomic E-state index is 12.2. The summed E-state index contributed by atoms with van der Waals surface area (Å²) in [5.74, 6) is -0.0801. The van der Waals surface area contributed by atoms with Crippen LogP contribution in [-0.4, -0.2) is 31.7 Å². The molecule has 1 aromatic rings. The van der Waals surface area contributed by atoms with Crippen molar-refractivity contribution in [3.63, 3.8) is 0 Å². The van der Waals surface area contributed by atoms with Crippen LogP contribution in [0.15, 0.2) is 30.3 Å². The summed E-state index contributed by atoms with van der Waals surface area (Å²) in [5.41, 5.74) is 6.89. The van der Waals surface area contributed by atoms with Crippen molar-refractivity contribution in [3.05, 3.63) is 35.9 Å². The zero-order valence-electron chi connectivity index (χ0n) is 11.2. The van der Waals surface area contributed by atoms with Gasteiger partial charge in [0.25, 0.3) is 0 Å². The number of carbonyl (C=O) groups is 1. The topological polar surface area (TPSA) is 64.4 Å². The number of carbonyl (C=O) groups excluding carboxylic acids is 1. The molecule has 0 saturated carbocycles. The second kappa shape index (κ2) is 7.26. The van der Waals surface area contributed by atoms with Gasteiger partial charge >= 0.3 is 0 Å². The Morgan fingerprint density at radius 2 is 2.00 bits per heavy atom. The van der Waals surface area contributed by atoms with Crippen molar-refractivity contribution in [1.82, 2.24) is 5.32 Å². The normalized spacial score (nSPS) is 17.9. The lowest BCUT2D eigenvalue weighted by Gasteiger charge is -2.25. The van der Waals surface area contributed by atoms with Gasteiger partial charge in [-0.2, -0.15) is 0 Å². The van der Waals surface area contributed by atoms with Crippen molar-refractivity contribution in [3.8, 4) is 0 Å². The first-order valence-electron chi connectivity index (χ1n) is 6.91. The first-order valence-corrected chi connectivity index (χ1v) is 6.91. The highest BCUT2D eigenvalue weighted by Crippen LogP contribution is 2.11. The van der Waals surface area contributed by atoms with Crippen LogP contribution in [0.1, 0.15) is 18.4 Å². The van der Waals surface area contributed by atoms with Crippen LogP contribution in [0.5, 0.6) is 0 Å². The Hall–Kier alpha value is -1.39. The van der Waals surface area contributed by atoms with E-state index in [1.807, 2.05) is 30.3 Å². The van der Waals surface area contributed by atoms with Crippen molar-refractivity contribution in [2.45, 2.75) is 25.3 Å². The van der Waals surface area contributed by atoms with Crippen LogP contribution in [0.2, 0.25) is 0 Å². The van der Waals surface area contributed by atoms with E-state index in [0.29, 0.717) is 13.0 Å². The van der Waals surface area contributed by atoms with E-state index in [-0.39, 0.29) is 17.9 Å². The van der Waals surface area contributed by atoms with Gasteiger partial charge in [0, 0.05) is 25.8 Å². The van der Waals surface area contributed by atoms with Crippen LogP contribution in [0.25, 0.3) is 0 Å². The second-order valence-electron chi connectivity index (χ2n) is 5.02. The molecule has 0 aromatic heterocycles. The van der Waals surface area contributed by atoms with Crippen molar-refractivity contribution < 1.29 is 9.53 Å². The highest BCUT2D eigenvalue weighted by molar-refractivity contribution is 5.79. The fourth-order valence-corrected chi connectivity index (χ4v) is 2.34. The summed E-state index contributed by atoms with van der Waals surface area (Å²) in [6, 6.07) is 10.3. The van der Waals surface area contributed by atoms with E-state index in [2.05, 4.69) is 5.32 Å². The van der Waals surface area contributed by atoms with Gasteiger partial charge in [0.2, 0.25) is 5.91 Å². The highest BCUT2D eigenvalue weighted by Gasteiger charge is 2.22. The van der Waals surface area contributed by atoms with E-state index >= 15 is 0 Å². The Labute approximate surface area is 114 Å². The van der Waals surface area contributed by atoms with E-state index in [9.17, 15) is 4.79 Å². The summed E-state index contributed by atoms with van der Waals surface area (Å²) in [4.78, 5) is 12.2. The van der Waals surface area contributed by atoms with E-state index < -0.39 is 0 Å².